The Labute approximate surface area is 189 Å². The number of halogens is 3. The number of phenols is 1. The van der Waals surface area contributed by atoms with Gasteiger partial charge in [-0.1, -0.05) is 36.2 Å². The van der Waals surface area contributed by atoms with E-state index in [-0.39, 0.29) is 34.9 Å². The molecule has 3 rings (SSSR count). The number of hydrogen-bond donors (Lipinski definition) is 2. The third-order valence-corrected chi connectivity index (χ3v) is 5.97. The number of benzene rings is 2. The molecule has 1 amide bonds. The average Bonchev–Trinajstić information content (AvgIpc) is 3.16. The number of fused-ring (bicyclic) bond motifs is 1. The molecule has 0 saturated heterocycles. The van der Waals surface area contributed by atoms with Gasteiger partial charge in [-0.3, -0.25) is 4.79 Å². The second-order valence-corrected chi connectivity index (χ2v) is 7.85. The van der Waals surface area contributed by atoms with Gasteiger partial charge >= 0.3 is 5.97 Å². The zero-order valence-corrected chi connectivity index (χ0v) is 18.6. The van der Waals surface area contributed by atoms with Gasteiger partial charge in [0, 0.05) is 17.9 Å². The minimum atomic E-state index is -0.759. The van der Waals surface area contributed by atoms with E-state index in [2.05, 4.69) is 5.32 Å². The van der Waals surface area contributed by atoms with Gasteiger partial charge in [-0.15, -0.1) is 11.6 Å². The van der Waals surface area contributed by atoms with Gasteiger partial charge in [0.25, 0.3) is 0 Å². The number of rotatable bonds is 6. The Bertz CT molecular complexity index is 995. The molecule has 0 fully saturated rings. The fraction of sp³-hybridized carbons (Fsp3) is 0.333. The average molecular weight is 473 g/mol. The number of amides is 1. The molecule has 6 nitrogen and oxygen atoms in total. The van der Waals surface area contributed by atoms with Crippen molar-refractivity contribution in [2.45, 2.75) is 32.3 Å². The van der Waals surface area contributed by atoms with E-state index in [4.69, 9.17) is 44.3 Å². The number of phenolic OH excluding ortho intramolecular Hbond substituents is 1. The minimum Gasteiger partial charge on any atom is -0.506 e. The summed E-state index contributed by atoms with van der Waals surface area (Å²) in [4.78, 5) is 23.6. The molecule has 30 heavy (non-hydrogen) atoms. The fourth-order valence-electron chi connectivity index (χ4n) is 3.31. The van der Waals surface area contributed by atoms with Crippen molar-refractivity contribution in [1.29, 1.82) is 0 Å². The maximum atomic E-state index is 12.0. The van der Waals surface area contributed by atoms with E-state index in [1.165, 1.54) is 6.07 Å². The van der Waals surface area contributed by atoms with Crippen molar-refractivity contribution in [3.8, 4) is 11.5 Å². The first kappa shape index (κ1) is 22.5. The predicted octanol–water partition coefficient (Wildman–Crippen LogP) is 4.89. The van der Waals surface area contributed by atoms with E-state index in [1.54, 1.807) is 19.1 Å². The number of hydrogen-bond acceptors (Lipinski definition) is 5. The van der Waals surface area contributed by atoms with Crippen molar-refractivity contribution < 1.29 is 24.2 Å². The summed E-state index contributed by atoms with van der Waals surface area (Å²) < 4.78 is 10.7. The van der Waals surface area contributed by atoms with Crippen molar-refractivity contribution in [3.05, 3.63) is 51.0 Å². The highest BCUT2D eigenvalue weighted by Crippen LogP contribution is 2.46. The van der Waals surface area contributed by atoms with Gasteiger partial charge in [-0.2, -0.15) is 0 Å². The van der Waals surface area contributed by atoms with Gasteiger partial charge in [0.15, 0.2) is 6.10 Å². The molecule has 2 atom stereocenters. The lowest BCUT2D eigenvalue weighted by molar-refractivity contribution is -0.150. The molecular weight excluding hydrogens is 453 g/mol. The van der Waals surface area contributed by atoms with E-state index >= 15 is 0 Å². The van der Waals surface area contributed by atoms with Gasteiger partial charge in [-0.05, 0) is 36.2 Å². The van der Waals surface area contributed by atoms with Crippen LogP contribution in [0.4, 0.5) is 5.69 Å². The van der Waals surface area contributed by atoms with Gasteiger partial charge in [0.1, 0.15) is 22.4 Å². The number of carbonyl (C=O) groups is 2. The Morgan fingerprint density at radius 2 is 2.03 bits per heavy atom. The van der Waals surface area contributed by atoms with Crippen LogP contribution >= 0.6 is 34.8 Å². The van der Waals surface area contributed by atoms with Crippen molar-refractivity contribution in [1.82, 2.24) is 0 Å². The minimum absolute atomic E-state index is 0.0758. The first-order valence-electron chi connectivity index (χ1n) is 9.29. The molecule has 2 aromatic carbocycles. The Hall–Kier alpha value is -2.15. The van der Waals surface area contributed by atoms with Gasteiger partial charge < -0.3 is 19.9 Å². The van der Waals surface area contributed by atoms with Gasteiger partial charge in [-0.25, -0.2) is 4.79 Å². The Morgan fingerprint density at radius 1 is 1.30 bits per heavy atom. The SMILES string of the molecule is CCOC(=O)C1Cc2cc(C(C)c3ccc(O)c(NC(=O)CCl)c3)c(Cl)c(Cl)c2O1. The molecule has 9 heteroatoms. The molecule has 2 aromatic rings. The number of aromatic hydroxyl groups is 1. The largest absolute Gasteiger partial charge is 0.506 e. The number of nitrogens with one attached hydrogen (secondary N) is 1. The van der Waals surface area contributed by atoms with Crippen LogP contribution in [0.3, 0.4) is 0 Å². The van der Waals surface area contributed by atoms with E-state index < -0.39 is 18.0 Å². The highest BCUT2D eigenvalue weighted by molar-refractivity contribution is 6.43. The highest BCUT2D eigenvalue weighted by Gasteiger charge is 2.34. The lowest BCUT2D eigenvalue weighted by Gasteiger charge is -2.18. The maximum Gasteiger partial charge on any atom is 0.347 e. The first-order chi connectivity index (χ1) is 14.3. The topological polar surface area (TPSA) is 84.9 Å². The summed E-state index contributed by atoms with van der Waals surface area (Å²) in [5, 5.41) is 13.1. The molecule has 0 radical (unpaired) electrons. The van der Waals surface area contributed by atoms with Crippen LogP contribution in [0.25, 0.3) is 0 Å². The van der Waals surface area contributed by atoms with Gasteiger partial charge in [0.2, 0.25) is 5.91 Å². The molecule has 0 bridgehead atoms. The van der Waals surface area contributed by atoms with Crippen LogP contribution in [-0.4, -0.2) is 35.6 Å². The molecule has 1 aliphatic heterocycles. The zero-order chi connectivity index (χ0) is 22.0. The number of ether oxygens (including phenoxy) is 2. The molecule has 2 N–H and O–H groups in total. The third kappa shape index (κ3) is 4.46. The van der Waals surface area contributed by atoms with Crippen LogP contribution in [0, 0.1) is 0 Å². The lowest BCUT2D eigenvalue weighted by atomic mass is 9.90. The van der Waals surface area contributed by atoms with Gasteiger partial charge in [0.05, 0.1) is 17.3 Å². The van der Waals surface area contributed by atoms with Crippen LogP contribution < -0.4 is 10.1 Å². The monoisotopic (exact) mass is 471 g/mol. The number of anilines is 1. The summed E-state index contributed by atoms with van der Waals surface area (Å²) in [5.74, 6) is -1.03. The van der Waals surface area contributed by atoms with Crippen LogP contribution in [0.15, 0.2) is 24.3 Å². The molecule has 0 spiro atoms. The van der Waals surface area contributed by atoms with E-state index in [0.717, 1.165) is 16.7 Å². The third-order valence-electron chi connectivity index (χ3n) is 4.86. The Kier molecular flexibility index (Phi) is 7.01. The fourth-order valence-corrected chi connectivity index (χ4v) is 3.96. The van der Waals surface area contributed by atoms with Crippen molar-refractivity contribution in [3.63, 3.8) is 0 Å². The Morgan fingerprint density at radius 3 is 2.70 bits per heavy atom. The Balaban J connectivity index is 1.93. The molecule has 160 valence electrons. The van der Waals surface area contributed by atoms with Crippen LogP contribution in [0.1, 0.15) is 36.5 Å². The summed E-state index contributed by atoms with van der Waals surface area (Å²) in [6.07, 6.45) is -0.428. The van der Waals surface area contributed by atoms with Crippen molar-refractivity contribution in [2.24, 2.45) is 0 Å². The van der Waals surface area contributed by atoms with Crippen LogP contribution in [0.5, 0.6) is 11.5 Å². The molecular formula is C21H20Cl3NO5. The zero-order valence-electron chi connectivity index (χ0n) is 16.3. The predicted molar refractivity (Wildman–Crippen MR) is 116 cm³/mol. The summed E-state index contributed by atoms with van der Waals surface area (Å²) in [6.45, 7) is 3.91. The lowest BCUT2D eigenvalue weighted by Crippen LogP contribution is -2.27. The van der Waals surface area contributed by atoms with Crippen molar-refractivity contribution >= 4 is 52.4 Å². The van der Waals surface area contributed by atoms with Crippen molar-refractivity contribution in [2.75, 3.05) is 17.8 Å². The van der Waals surface area contributed by atoms with E-state index in [0.29, 0.717) is 17.2 Å². The summed E-state index contributed by atoms with van der Waals surface area (Å²) in [7, 11) is 0. The van der Waals surface area contributed by atoms with E-state index in [1.807, 2.05) is 13.0 Å². The first-order valence-corrected chi connectivity index (χ1v) is 10.6. The molecule has 0 saturated carbocycles. The van der Waals surface area contributed by atoms with E-state index in [9.17, 15) is 14.7 Å². The maximum absolute atomic E-state index is 12.0. The second-order valence-electron chi connectivity index (χ2n) is 6.82. The molecule has 0 aromatic heterocycles. The number of esters is 1. The van der Waals surface area contributed by atoms with Crippen LogP contribution in [0.2, 0.25) is 10.0 Å². The normalized spacial score (nSPS) is 15.8. The molecule has 2 unspecified atom stereocenters. The molecule has 1 aliphatic rings. The summed E-state index contributed by atoms with van der Waals surface area (Å²) >= 11 is 18.5. The molecule has 1 heterocycles. The number of alkyl halides is 1. The second kappa shape index (κ2) is 9.33. The number of carbonyl (C=O) groups excluding carboxylic acids is 2. The quantitative estimate of drug-likeness (QED) is 0.355. The standard InChI is InChI=1S/C21H20Cl3NO5/c1-3-29-21(28)16-8-12-6-13(18(23)19(24)20(12)30-16)10(2)11-4-5-15(26)14(7-11)25-17(27)9-22/h4-7,10,16,26H,3,8-9H2,1-2H3,(H,25,27). The molecule has 0 aliphatic carbocycles. The summed E-state index contributed by atoms with van der Waals surface area (Å²) in [6, 6.07) is 6.72. The highest BCUT2D eigenvalue weighted by atomic mass is 35.5. The summed E-state index contributed by atoms with van der Waals surface area (Å²) in [5.41, 5.74) is 2.53. The van der Waals surface area contributed by atoms with Crippen LogP contribution in [-0.2, 0) is 20.7 Å². The smallest absolute Gasteiger partial charge is 0.347 e.